The van der Waals surface area contributed by atoms with Crippen LogP contribution in [0.25, 0.3) is 0 Å². The van der Waals surface area contributed by atoms with Crippen LogP contribution in [-0.2, 0) is 0 Å². The molecule has 1 aromatic heterocycles. The van der Waals surface area contributed by atoms with Gasteiger partial charge in [-0.05, 0) is 56.2 Å². The van der Waals surface area contributed by atoms with E-state index in [9.17, 15) is 5.11 Å². The summed E-state index contributed by atoms with van der Waals surface area (Å²) >= 11 is 0. The maximum absolute atomic E-state index is 9.74. The van der Waals surface area contributed by atoms with Gasteiger partial charge in [-0.25, -0.2) is 4.98 Å². The number of rotatable bonds is 3. The lowest BCUT2D eigenvalue weighted by Gasteiger charge is -2.15. The fraction of sp³-hybridized carbons (Fsp3) is 0.250. The van der Waals surface area contributed by atoms with Crippen molar-refractivity contribution in [2.24, 2.45) is 0 Å². The Morgan fingerprint density at radius 3 is 2.50 bits per heavy atom. The van der Waals surface area contributed by atoms with Crippen LogP contribution in [0.2, 0.25) is 0 Å². The summed E-state index contributed by atoms with van der Waals surface area (Å²) in [6.45, 7) is 5.44. The Labute approximate surface area is 118 Å². The number of aryl methyl sites for hydroxylation is 2. The third kappa shape index (κ3) is 2.79. The quantitative estimate of drug-likeness (QED) is 0.926. The number of hydrogen-bond acceptors (Lipinski definition) is 4. The second-order valence-electron chi connectivity index (χ2n) is 4.73. The van der Waals surface area contributed by atoms with E-state index in [2.05, 4.69) is 11.1 Å². The molecule has 1 atom stereocenters. The van der Waals surface area contributed by atoms with Crippen molar-refractivity contribution in [3.05, 3.63) is 52.7 Å². The van der Waals surface area contributed by atoms with E-state index in [0.717, 1.165) is 11.1 Å². The molecular weight excluding hydrogens is 252 g/mol. The SMILES string of the molecule is Cc1cc(C#N)cc(C)c1Oc1ncccc1C(C)O. The molecule has 20 heavy (non-hydrogen) atoms. The minimum absolute atomic E-state index is 0.387. The molecule has 2 rings (SSSR count). The number of ether oxygens (including phenoxy) is 1. The van der Waals surface area contributed by atoms with Gasteiger partial charge in [0.25, 0.3) is 0 Å². The third-order valence-corrected chi connectivity index (χ3v) is 3.04. The molecule has 1 aromatic carbocycles. The van der Waals surface area contributed by atoms with Crippen molar-refractivity contribution in [1.82, 2.24) is 4.98 Å². The van der Waals surface area contributed by atoms with E-state index in [1.54, 1.807) is 37.4 Å². The molecule has 0 fully saturated rings. The summed E-state index contributed by atoms with van der Waals surface area (Å²) in [5.41, 5.74) is 2.97. The molecule has 0 aliphatic heterocycles. The van der Waals surface area contributed by atoms with Gasteiger partial charge in [-0.1, -0.05) is 0 Å². The van der Waals surface area contributed by atoms with Crippen molar-refractivity contribution in [3.8, 4) is 17.7 Å². The minimum atomic E-state index is -0.655. The molecule has 0 aliphatic rings. The second-order valence-corrected chi connectivity index (χ2v) is 4.73. The summed E-state index contributed by atoms with van der Waals surface area (Å²) in [7, 11) is 0. The van der Waals surface area contributed by atoms with Gasteiger partial charge in [0.15, 0.2) is 0 Å². The number of aromatic nitrogens is 1. The lowest BCUT2D eigenvalue weighted by atomic mass is 10.1. The minimum Gasteiger partial charge on any atom is -0.438 e. The highest BCUT2D eigenvalue weighted by Crippen LogP contribution is 2.32. The van der Waals surface area contributed by atoms with Gasteiger partial charge in [0.05, 0.1) is 17.7 Å². The van der Waals surface area contributed by atoms with Crippen LogP contribution in [0, 0.1) is 25.2 Å². The smallest absolute Gasteiger partial charge is 0.225 e. The number of nitrogens with zero attached hydrogens (tertiary/aromatic N) is 2. The number of aliphatic hydroxyl groups is 1. The topological polar surface area (TPSA) is 66.1 Å². The van der Waals surface area contributed by atoms with Crippen molar-refractivity contribution in [2.75, 3.05) is 0 Å². The van der Waals surface area contributed by atoms with Crippen LogP contribution >= 0.6 is 0 Å². The highest BCUT2D eigenvalue weighted by molar-refractivity contribution is 5.49. The first-order valence-corrected chi connectivity index (χ1v) is 6.35. The van der Waals surface area contributed by atoms with Crippen LogP contribution in [0.1, 0.15) is 35.3 Å². The Bertz CT molecular complexity index is 649. The van der Waals surface area contributed by atoms with Crippen molar-refractivity contribution in [1.29, 1.82) is 5.26 Å². The molecule has 0 spiro atoms. The fourth-order valence-corrected chi connectivity index (χ4v) is 2.08. The first-order chi connectivity index (χ1) is 9.52. The van der Waals surface area contributed by atoms with E-state index in [0.29, 0.717) is 22.8 Å². The number of pyridine rings is 1. The molecule has 1 heterocycles. The molecular formula is C16H16N2O2. The van der Waals surface area contributed by atoms with E-state index < -0.39 is 6.10 Å². The Balaban J connectivity index is 2.44. The second kappa shape index (κ2) is 5.72. The molecule has 0 radical (unpaired) electrons. The maximum Gasteiger partial charge on any atom is 0.225 e. The Morgan fingerprint density at radius 2 is 1.95 bits per heavy atom. The van der Waals surface area contributed by atoms with Crippen LogP contribution in [0.15, 0.2) is 30.5 Å². The Kier molecular flexibility index (Phi) is 4.02. The van der Waals surface area contributed by atoms with Crippen molar-refractivity contribution in [3.63, 3.8) is 0 Å². The van der Waals surface area contributed by atoms with Gasteiger partial charge in [0, 0.05) is 11.8 Å². The predicted molar refractivity (Wildman–Crippen MR) is 75.6 cm³/mol. The number of nitriles is 1. The molecule has 0 saturated heterocycles. The summed E-state index contributed by atoms with van der Waals surface area (Å²) in [5.74, 6) is 1.06. The summed E-state index contributed by atoms with van der Waals surface area (Å²) in [5, 5.41) is 18.7. The van der Waals surface area contributed by atoms with Crippen LogP contribution in [-0.4, -0.2) is 10.1 Å². The third-order valence-electron chi connectivity index (χ3n) is 3.04. The molecule has 0 bridgehead atoms. The lowest BCUT2D eigenvalue weighted by Crippen LogP contribution is -2.00. The van der Waals surface area contributed by atoms with Gasteiger partial charge in [-0.2, -0.15) is 5.26 Å². The van der Waals surface area contributed by atoms with E-state index in [1.165, 1.54) is 0 Å². The lowest BCUT2D eigenvalue weighted by molar-refractivity contribution is 0.194. The molecule has 102 valence electrons. The van der Waals surface area contributed by atoms with Gasteiger partial charge >= 0.3 is 0 Å². The number of benzene rings is 1. The van der Waals surface area contributed by atoms with E-state index >= 15 is 0 Å². The first-order valence-electron chi connectivity index (χ1n) is 6.35. The van der Waals surface area contributed by atoms with Crippen molar-refractivity contribution in [2.45, 2.75) is 26.9 Å². The Hall–Kier alpha value is -2.38. The molecule has 0 aliphatic carbocycles. The normalized spacial score (nSPS) is 11.8. The Morgan fingerprint density at radius 1 is 1.30 bits per heavy atom. The van der Waals surface area contributed by atoms with Crippen LogP contribution in [0.4, 0.5) is 0 Å². The zero-order valence-corrected chi connectivity index (χ0v) is 11.7. The highest BCUT2D eigenvalue weighted by Gasteiger charge is 2.14. The maximum atomic E-state index is 9.74. The molecule has 2 aromatic rings. The number of aliphatic hydroxyl groups excluding tert-OH is 1. The largest absolute Gasteiger partial charge is 0.438 e. The van der Waals surface area contributed by atoms with Gasteiger partial charge in [-0.3, -0.25) is 0 Å². The summed E-state index contributed by atoms with van der Waals surface area (Å²) in [6, 6.07) is 9.20. The average molecular weight is 268 g/mol. The highest BCUT2D eigenvalue weighted by atomic mass is 16.5. The fourth-order valence-electron chi connectivity index (χ4n) is 2.08. The van der Waals surface area contributed by atoms with E-state index in [-0.39, 0.29) is 0 Å². The summed E-state index contributed by atoms with van der Waals surface area (Å²) in [6.07, 6.45) is 0.966. The monoisotopic (exact) mass is 268 g/mol. The van der Waals surface area contributed by atoms with Crippen LogP contribution < -0.4 is 4.74 Å². The van der Waals surface area contributed by atoms with Gasteiger partial charge in [0.2, 0.25) is 5.88 Å². The van der Waals surface area contributed by atoms with Gasteiger partial charge in [0.1, 0.15) is 5.75 Å². The molecule has 4 nitrogen and oxygen atoms in total. The van der Waals surface area contributed by atoms with Crippen LogP contribution in [0.3, 0.4) is 0 Å². The first kappa shape index (κ1) is 14.0. The predicted octanol–water partition coefficient (Wildman–Crippen LogP) is 3.42. The van der Waals surface area contributed by atoms with Crippen molar-refractivity contribution >= 4 is 0 Å². The van der Waals surface area contributed by atoms with Crippen LogP contribution in [0.5, 0.6) is 11.6 Å². The molecule has 0 amide bonds. The van der Waals surface area contributed by atoms with E-state index in [1.807, 2.05) is 13.8 Å². The molecule has 4 heteroatoms. The number of hydrogen-bond donors (Lipinski definition) is 1. The summed E-state index contributed by atoms with van der Waals surface area (Å²) in [4.78, 5) is 4.17. The standard InChI is InChI=1S/C16H16N2O2/c1-10-7-13(9-17)8-11(2)15(10)20-16-14(12(3)19)5-4-6-18-16/h4-8,12,19H,1-3H3. The molecule has 1 N–H and O–H groups in total. The molecule has 1 unspecified atom stereocenters. The zero-order valence-electron chi connectivity index (χ0n) is 11.7. The van der Waals surface area contributed by atoms with Gasteiger partial charge in [-0.15, -0.1) is 0 Å². The van der Waals surface area contributed by atoms with E-state index in [4.69, 9.17) is 10.00 Å². The zero-order chi connectivity index (χ0) is 14.7. The van der Waals surface area contributed by atoms with Crippen molar-refractivity contribution < 1.29 is 9.84 Å². The van der Waals surface area contributed by atoms with Gasteiger partial charge < -0.3 is 9.84 Å². The summed E-state index contributed by atoms with van der Waals surface area (Å²) < 4.78 is 5.85. The molecule has 0 saturated carbocycles. The average Bonchev–Trinajstić information content (AvgIpc) is 2.42.